The summed E-state index contributed by atoms with van der Waals surface area (Å²) in [5.74, 6) is -1.30. The molecular weight excluding hydrogens is 267 g/mol. The Hall–Kier alpha value is -2.58. The van der Waals surface area contributed by atoms with E-state index in [9.17, 15) is 9.18 Å². The second-order valence-corrected chi connectivity index (χ2v) is 4.54. The molecule has 2 aromatic rings. The van der Waals surface area contributed by atoms with Crippen molar-refractivity contribution < 1.29 is 14.3 Å². The van der Waals surface area contributed by atoms with Crippen LogP contribution < -0.4 is 4.90 Å². The molecule has 1 N–H and O–H groups in total. The predicted octanol–water partition coefficient (Wildman–Crippen LogP) is 0.275. The minimum absolute atomic E-state index is 0.0368. The number of hydrogen-bond acceptors (Lipinski definition) is 6. The van der Waals surface area contributed by atoms with Crippen molar-refractivity contribution in [2.45, 2.75) is 13.0 Å². The van der Waals surface area contributed by atoms with Gasteiger partial charge in [0.05, 0.1) is 17.9 Å². The lowest BCUT2D eigenvalue weighted by atomic mass is 10.1. The Bertz CT molecular complexity index is 667. The number of rotatable bonds is 3. The number of aryl methyl sites for hydroxylation is 1. The van der Waals surface area contributed by atoms with E-state index in [0.29, 0.717) is 18.8 Å². The minimum atomic E-state index is -1.12. The Morgan fingerprint density at radius 2 is 2.20 bits per heavy atom. The number of carboxylic acid groups (broad SMARTS) is 1. The van der Waals surface area contributed by atoms with Crippen LogP contribution >= 0.6 is 0 Å². The molecule has 1 saturated heterocycles. The van der Waals surface area contributed by atoms with E-state index >= 15 is 0 Å². The Labute approximate surface area is 112 Å². The number of carbonyl (C=O) groups is 1. The van der Waals surface area contributed by atoms with Crippen LogP contribution in [0.25, 0.3) is 0 Å². The predicted molar refractivity (Wildman–Crippen MR) is 65.0 cm³/mol. The molecule has 20 heavy (non-hydrogen) atoms. The molecule has 0 atom stereocenters. The third-order valence-electron chi connectivity index (χ3n) is 3.21. The van der Waals surface area contributed by atoms with Crippen LogP contribution in [-0.4, -0.2) is 49.1 Å². The van der Waals surface area contributed by atoms with Gasteiger partial charge in [-0.05, 0) is 6.92 Å². The average molecular weight is 278 g/mol. The zero-order valence-corrected chi connectivity index (χ0v) is 10.6. The molecule has 3 rings (SSSR count). The van der Waals surface area contributed by atoms with Crippen molar-refractivity contribution >= 4 is 11.8 Å². The van der Waals surface area contributed by atoms with Gasteiger partial charge >= 0.3 is 5.97 Å². The Kier molecular flexibility index (Phi) is 2.81. The zero-order valence-electron chi connectivity index (χ0n) is 10.6. The first kappa shape index (κ1) is 12.5. The third-order valence-corrected chi connectivity index (χ3v) is 3.21. The fourth-order valence-corrected chi connectivity index (χ4v) is 2.01. The second kappa shape index (κ2) is 4.51. The van der Waals surface area contributed by atoms with E-state index in [-0.39, 0.29) is 17.6 Å². The minimum Gasteiger partial charge on any atom is -0.476 e. The highest BCUT2D eigenvalue weighted by Gasteiger charge is 2.32. The van der Waals surface area contributed by atoms with Crippen molar-refractivity contribution in [1.29, 1.82) is 0 Å². The average Bonchev–Trinajstić information content (AvgIpc) is 2.82. The largest absolute Gasteiger partial charge is 0.476 e. The summed E-state index contributed by atoms with van der Waals surface area (Å²) in [6.07, 6.45) is 2.69. The molecule has 0 spiro atoms. The van der Waals surface area contributed by atoms with Gasteiger partial charge in [-0.1, -0.05) is 5.21 Å². The summed E-state index contributed by atoms with van der Waals surface area (Å²) in [5.41, 5.74) is 0.194. The number of nitrogens with zero attached hydrogens (tertiary/aromatic N) is 6. The third kappa shape index (κ3) is 1.96. The quantitative estimate of drug-likeness (QED) is 0.860. The molecule has 1 fully saturated rings. The summed E-state index contributed by atoms with van der Waals surface area (Å²) in [5, 5.41) is 16.1. The molecule has 0 unspecified atom stereocenters. The van der Waals surface area contributed by atoms with Crippen LogP contribution in [0.5, 0.6) is 0 Å². The highest BCUT2D eigenvalue weighted by Crippen LogP contribution is 2.28. The topological polar surface area (TPSA) is 97.0 Å². The van der Waals surface area contributed by atoms with E-state index in [1.165, 1.54) is 17.2 Å². The second-order valence-electron chi connectivity index (χ2n) is 4.54. The first-order valence-electron chi connectivity index (χ1n) is 5.93. The lowest BCUT2D eigenvalue weighted by molar-refractivity contribution is 0.0690. The van der Waals surface area contributed by atoms with E-state index in [1.54, 1.807) is 11.8 Å². The highest BCUT2D eigenvalue weighted by molar-refractivity contribution is 5.84. The van der Waals surface area contributed by atoms with Crippen molar-refractivity contribution in [1.82, 2.24) is 25.0 Å². The van der Waals surface area contributed by atoms with Gasteiger partial charge in [0.2, 0.25) is 0 Å². The molecule has 104 valence electrons. The standard InChI is InChI=1S/C11H11FN6O2/c1-6-9(12)10(14-5-13-6)17-2-7(3-17)18-4-8(11(19)20)15-16-18/h4-5,7H,2-3H2,1H3,(H,19,20). The summed E-state index contributed by atoms with van der Waals surface area (Å²) in [6.45, 7) is 2.57. The summed E-state index contributed by atoms with van der Waals surface area (Å²) in [4.78, 5) is 20.2. The van der Waals surface area contributed by atoms with E-state index in [2.05, 4.69) is 20.3 Å². The highest BCUT2D eigenvalue weighted by atomic mass is 19.1. The number of carboxylic acids is 1. The van der Waals surface area contributed by atoms with Gasteiger partial charge in [-0.25, -0.2) is 23.8 Å². The van der Waals surface area contributed by atoms with Crippen LogP contribution in [0.4, 0.5) is 10.2 Å². The zero-order chi connectivity index (χ0) is 14.3. The van der Waals surface area contributed by atoms with Gasteiger partial charge in [0.15, 0.2) is 17.3 Å². The monoisotopic (exact) mass is 278 g/mol. The maximum atomic E-state index is 13.8. The molecule has 8 nitrogen and oxygen atoms in total. The van der Waals surface area contributed by atoms with Crippen LogP contribution in [0.1, 0.15) is 22.2 Å². The molecule has 0 amide bonds. The Morgan fingerprint density at radius 1 is 1.45 bits per heavy atom. The molecule has 9 heteroatoms. The molecule has 3 heterocycles. The fourth-order valence-electron chi connectivity index (χ4n) is 2.01. The van der Waals surface area contributed by atoms with Crippen molar-refractivity contribution in [2.24, 2.45) is 0 Å². The van der Waals surface area contributed by atoms with Gasteiger partial charge in [0.1, 0.15) is 6.33 Å². The maximum absolute atomic E-state index is 13.8. The van der Waals surface area contributed by atoms with Crippen molar-refractivity contribution in [3.8, 4) is 0 Å². The lowest BCUT2D eigenvalue weighted by Crippen LogP contribution is -2.49. The SMILES string of the molecule is Cc1ncnc(N2CC(n3cc(C(=O)O)nn3)C2)c1F. The summed E-state index contributed by atoms with van der Waals surface area (Å²) < 4.78 is 15.3. The van der Waals surface area contributed by atoms with E-state index < -0.39 is 11.8 Å². The Balaban J connectivity index is 1.72. The van der Waals surface area contributed by atoms with E-state index in [1.807, 2.05) is 0 Å². The van der Waals surface area contributed by atoms with Gasteiger partial charge in [-0.15, -0.1) is 5.10 Å². The van der Waals surface area contributed by atoms with Crippen molar-refractivity contribution in [2.75, 3.05) is 18.0 Å². The lowest BCUT2D eigenvalue weighted by Gasteiger charge is -2.39. The van der Waals surface area contributed by atoms with Crippen molar-refractivity contribution in [3.63, 3.8) is 0 Å². The van der Waals surface area contributed by atoms with Gasteiger partial charge in [-0.3, -0.25) is 0 Å². The Morgan fingerprint density at radius 3 is 2.85 bits per heavy atom. The molecule has 0 aliphatic carbocycles. The van der Waals surface area contributed by atoms with Crippen LogP contribution in [0, 0.1) is 12.7 Å². The molecule has 2 aromatic heterocycles. The number of hydrogen-bond donors (Lipinski definition) is 1. The van der Waals surface area contributed by atoms with Crippen LogP contribution in [-0.2, 0) is 0 Å². The summed E-state index contributed by atoms with van der Waals surface area (Å²) >= 11 is 0. The van der Waals surface area contributed by atoms with Crippen LogP contribution in [0.15, 0.2) is 12.5 Å². The van der Waals surface area contributed by atoms with Gasteiger partial charge in [0.25, 0.3) is 0 Å². The number of halogens is 1. The molecule has 0 saturated carbocycles. The van der Waals surface area contributed by atoms with Crippen LogP contribution in [0.2, 0.25) is 0 Å². The molecule has 0 bridgehead atoms. The molecular formula is C11H11FN6O2. The molecule has 1 aliphatic heterocycles. The van der Waals surface area contributed by atoms with E-state index in [0.717, 1.165) is 0 Å². The maximum Gasteiger partial charge on any atom is 0.358 e. The number of anilines is 1. The van der Waals surface area contributed by atoms with Gasteiger partial charge in [-0.2, -0.15) is 0 Å². The number of aromatic carboxylic acids is 1. The normalized spacial score (nSPS) is 15.2. The van der Waals surface area contributed by atoms with Crippen LogP contribution in [0.3, 0.4) is 0 Å². The van der Waals surface area contributed by atoms with Gasteiger partial charge < -0.3 is 10.0 Å². The van der Waals surface area contributed by atoms with Crippen molar-refractivity contribution in [3.05, 3.63) is 29.7 Å². The number of aromatic nitrogens is 5. The van der Waals surface area contributed by atoms with Gasteiger partial charge in [0, 0.05) is 13.1 Å². The van der Waals surface area contributed by atoms with E-state index in [4.69, 9.17) is 5.11 Å². The summed E-state index contributed by atoms with van der Waals surface area (Å²) in [6, 6.07) is -0.0368. The summed E-state index contributed by atoms with van der Waals surface area (Å²) in [7, 11) is 0. The molecule has 0 radical (unpaired) electrons. The fraction of sp³-hybridized carbons (Fsp3) is 0.364. The molecule has 1 aliphatic rings. The first-order valence-corrected chi connectivity index (χ1v) is 5.93. The smallest absolute Gasteiger partial charge is 0.358 e. The first-order chi connectivity index (χ1) is 9.56. The molecule has 0 aromatic carbocycles.